The van der Waals surface area contributed by atoms with E-state index < -0.39 is 0 Å². The summed E-state index contributed by atoms with van der Waals surface area (Å²) in [6, 6.07) is 60.9. The molecule has 0 amide bonds. The summed E-state index contributed by atoms with van der Waals surface area (Å²) >= 11 is 0. The zero-order valence-corrected chi connectivity index (χ0v) is 58.5. The molecule has 0 aliphatic rings. The van der Waals surface area contributed by atoms with Crippen molar-refractivity contribution in [1.82, 2.24) is 9.13 Å². The Labute approximate surface area is 521 Å². The molecule has 10 rings (SSSR count). The van der Waals surface area contributed by atoms with Gasteiger partial charge in [-0.2, -0.15) is 0 Å². The smallest absolute Gasteiger partial charge is 0.0496 e. The van der Waals surface area contributed by atoms with E-state index in [-0.39, 0.29) is 43.6 Å². The summed E-state index contributed by atoms with van der Waals surface area (Å²) < 4.78 is 5.03. The van der Waals surface area contributed by atoms with Gasteiger partial charge in [-0.15, -0.1) is 0 Å². The largest absolute Gasteiger partial charge is 0.335 e. The average Bonchev–Trinajstić information content (AvgIpc) is 1.64. The molecule has 0 spiro atoms. The van der Waals surface area contributed by atoms with Crippen molar-refractivity contribution in [1.29, 1.82) is 0 Å². The van der Waals surface area contributed by atoms with Crippen molar-refractivity contribution in [3.8, 4) is 44.5 Å². The lowest BCUT2D eigenvalue weighted by molar-refractivity contribution is 0.423. The maximum Gasteiger partial charge on any atom is 0.0496 e. The predicted octanol–water partition coefficient (Wildman–Crippen LogP) is 25.2. The van der Waals surface area contributed by atoms with Gasteiger partial charge in [-0.1, -0.05) is 255 Å². The van der Waals surface area contributed by atoms with Crippen molar-refractivity contribution in [3.05, 3.63) is 191 Å². The van der Waals surface area contributed by atoms with E-state index in [9.17, 15) is 0 Å². The monoisotopic (exact) mass is 1140 g/mol. The highest BCUT2D eigenvalue weighted by molar-refractivity contribution is 6.12. The molecule has 0 atom stereocenters. The van der Waals surface area contributed by atoms with Crippen LogP contribution in [-0.2, 0) is 43.6 Å². The first-order valence-corrected chi connectivity index (χ1v) is 32.1. The molecule has 0 bridgehead atoms. The molecule has 86 heavy (non-hydrogen) atoms. The fourth-order valence-corrected chi connectivity index (χ4v) is 11.9. The Balaban J connectivity index is 0.000000214. The Hall–Kier alpha value is -6.64. The van der Waals surface area contributed by atoms with Gasteiger partial charge in [0.1, 0.15) is 0 Å². The average molecular weight is 1150 g/mol. The Morgan fingerprint density at radius 3 is 0.581 bits per heavy atom. The van der Waals surface area contributed by atoms with Gasteiger partial charge in [-0.25, -0.2) is 0 Å². The SMILES string of the molecule is CC(C)(C)c1cc(-c2ccc3c(c2)c2cc(-c4cc(C(C)(C)C)cc(C(C)(C)C)c4)ccc2n3C(C)(C)C)cc(C(C)(C)C)c1.CC(C)(C)c1ccc(-c2ccc3c(c2)c2cc(-c4ccc(C(C)(C)C)cc4)ccc2n3C(C)(C)C)cc1.CC(C)C. The summed E-state index contributed by atoms with van der Waals surface area (Å²) in [5, 5.41) is 5.27. The van der Waals surface area contributed by atoms with Gasteiger partial charge >= 0.3 is 0 Å². The van der Waals surface area contributed by atoms with E-state index >= 15 is 0 Å². The first-order valence-electron chi connectivity index (χ1n) is 32.1. The van der Waals surface area contributed by atoms with Gasteiger partial charge < -0.3 is 9.13 Å². The van der Waals surface area contributed by atoms with Crippen LogP contribution in [0.4, 0.5) is 0 Å². The molecule has 454 valence electrons. The Morgan fingerprint density at radius 2 is 0.395 bits per heavy atom. The van der Waals surface area contributed by atoms with Crippen LogP contribution in [0.3, 0.4) is 0 Å². The highest BCUT2D eigenvalue weighted by atomic mass is 15.1. The van der Waals surface area contributed by atoms with E-state index in [1.165, 1.54) is 122 Å². The van der Waals surface area contributed by atoms with Gasteiger partial charge in [0.15, 0.2) is 0 Å². The molecule has 0 unspecified atom stereocenters. The molecular weight excluding hydrogens is 1040 g/mol. The van der Waals surface area contributed by atoms with Gasteiger partial charge in [-0.05, 0) is 206 Å². The summed E-state index contributed by atoms with van der Waals surface area (Å²) in [5.74, 6) is 0.833. The number of aromatic nitrogens is 2. The maximum absolute atomic E-state index is 2.53. The van der Waals surface area contributed by atoms with Crippen molar-refractivity contribution in [2.75, 3.05) is 0 Å². The highest BCUT2D eigenvalue weighted by Crippen LogP contribution is 2.43. The van der Waals surface area contributed by atoms with Gasteiger partial charge in [0.2, 0.25) is 0 Å². The molecule has 2 nitrogen and oxygen atoms in total. The molecule has 8 aromatic carbocycles. The summed E-state index contributed by atoms with van der Waals surface area (Å²) in [4.78, 5) is 0. The second kappa shape index (κ2) is 23.1. The fourth-order valence-electron chi connectivity index (χ4n) is 11.9. The Kier molecular flexibility index (Phi) is 17.6. The summed E-state index contributed by atoms with van der Waals surface area (Å²) in [5.41, 5.74) is 24.2. The molecule has 0 N–H and O–H groups in total. The number of hydrogen-bond donors (Lipinski definition) is 0. The van der Waals surface area contributed by atoms with Crippen LogP contribution in [0.1, 0.15) is 220 Å². The van der Waals surface area contributed by atoms with E-state index in [2.05, 4.69) is 354 Å². The molecule has 2 aromatic heterocycles. The minimum Gasteiger partial charge on any atom is -0.335 e. The van der Waals surface area contributed by atoms with Crippen molar-refractivity contribution in [3.63, 3.8) is 0 Å². The summed E-state index contributed by atoms with van der Waals surface area (Å²) in [6.07, 6.45) is 0. The Bertz CT molecular complexity index is 3730. The number of hydrogen-bond acceptors (Lipinski definition) is 0. The molecule has 2 heteroatoms. The first-order chi connectivity index (χ1) is 39.4. The van der Waals surface area contributed by atoms with Gasteiger partial charge in [-0.3, -0.25) is 0 Å². The number of rotatable bonds is 4. The van der Waals surface area contributed by atoms with Gasteiger partial charge in [0.05, 0.1) is 0 Å². The van der Waals surface area contributed by atoms with E-state index in [4.69, 9.17) is 0 Å². The molecular formula is C84H108N2. The zero-order valence-electron chi connectivity index (χ0n) is 58.5. The van der Waals surface area contributed by atoms with Crippen LogP contribution < -0.4 is 0 Å². The number of fused-ring (bicyclic) bond motifs is 6. The van der Waals surface area contributed by atoms with Gasteiger partial charge in [0.25, 0.3) is 0 Å². The molecule has 0 saturated heterocycles. The number of nitrogens with zero attached hydrogens (tertiary/aromatic N) is 2. The van der Waals surface area contributed by atoms with Crippen LogP contribution in [0.25, 0.3) is 88.1 Å². The summed E-state index contributed by atoms with van der Waals surface area (Å²) in [7, 11) is 0. The lowest BCUT2D eigenvalue weighted by Gasteiger charge is -2.26. The molecule has 0 saturated carbocycles. The molecule has 0 aliphatic carbocycles. The second-order valence-corrected chi connectivity index (χ2v) is 33.9. The maximum atomic E-state index is 2.53. The molecule has 10 aromatic rings. The van der Waals surface area contributed by atoms with Crippen LogP contribution in [0.15, 0.2) is 158 Å². The van der Waals surface area contributed by atoms with Crippen molar-refractivity contribution < 1.29 is 0 Å². The van der Waals surface area contributed by atoms with Crippen molar-refractivity contribution >= 4 is 43.6 Å². The molecule has 0 fully saturated rings. The number of benzene rings is 8. The van der Waals surface area contributed by atoms with E-state index in [1.807, 2.05) is 0 Å². The lowest BCUT2D eigenvalue weighted by Crippen LogP contribution is -2.21. The van der Waals surface area contributed by atoms with Crippen LogP contribution in [-0.4, -0.2) is 9.13 Å². The zero-order chi connectivity index (χ0) is 63.8. The molecule has 0 aliphatic heterocycles. The van der Waals surface area contributed by atoms with Crippen molar-refractivity contribution in [2.24, 2.45) is 5.92 Å². The van der Waals surface area contributed by atoms with Crippen molar-refractivity contribution in [2.45, 2.75) is 231 Å². The summed E-state index contributed by atoms with van der Waals surface area (Å²) in [6.45, 7) is 61.8. The standard InChI is InChI=1S/C44H57N.C36H41N.C4H10/c1-40(2,3)32-20-30(21-33(26-32)41(4,5)6)28-16-18-38-36(24-28)37-25-29(17-19-39(37)45(38)44(13,14)15)31-22-34(42(7,8)9)27-35(23-31)43(10,11)12;1-34(2,3)28-16-10-24(11-17-28)26-14-20-32-30(22-26)31-23-27(15-21-33(31)37(32)36(7,8)9)25-12-18-29(19-13-25)35(4,5)6;1-4(2)3/h16-27H,1-15H3;10-23H,1-9H3;4H,1-3H3. The highest BCUT2D eigenvalue weighted by Gasteiger charge is 2.27. The third-order valence-corrected chi connectivity index (χ3v) is 17.0. The Morgan fingerprint density at radius 1 is 0.209 bits per heavy atom. The van der Waals surface area contributed by atoms with Crippen LogP contribution in [0, 0.1) is 5.92 Å². The second-order valence-electron chi connectivity index (χ2n) is 33.9. The lowest BCUT2D eigenvalue weighted by atomic mass is 9.78. The van der Waals surface area contributed by atoms with E-state index in [0.29, 0.717) is 0 Å². The van der Waals surface area contributed by atoms with Crippen LogP contribution in [0.2, 0.25) is 0 Å². The normalized spacial score (nSPS) is 13.2. The third kappa shape index (κ3) is 14.3. The third-order valence-electron chi connectivity index (χ3n) is 17.0. The van der Waals surface area contributed by atoms with Crippen LogP contribution in [0.5, 0.6) is 0 Å². The molecule has 2 heterocycles. The topological polar surface area (TPSA) is 9.86 Å². The minimum absolute atomic E-state index is 0.0221. The quantitative estimate of drug-likeness (QED) is 0.166. The van der Waals surface area contributed by atoms with Gasteiger partial charge in [0, 0.05) is 54.7 Å². The van der Waals surface area contributed by atoms with E-state index in [0.717, 1.165) is 5.92 Å². The van der Waals surface area contributed by atoms with Crippen LogP contribution >= 0.6 is 0 Å². The molecule has 0 radical (unpaired) electrons. The predicted molar refractivity (Wildman–Crippen MR) is 383 cm³/mol. The first kappa shape index (κ1) is 65.3. The van der Waals surface area contributed by atoms with E-state index in [1.54, 1.807) is 0 Å². The fraction of sp³-hybridized carbons (Fsp3) is 0.429. The minimum atomic E-state index is -0.0554.